The van der Waals surface area contributed by atoms with E-state index in [0.717, 1.165) is 19.3 Å². The number of hydrogen-bond donors (Lipinski definition) is 2. The minimum absolute atomic E-state index is 0.00876. The highest BCUT2D eigenvalue weighted by molar-refractivity contribution is 5.92. The van der Waals surface area contributed by atoms with Gasteiger partial charge in [0, 0.05) is 26.8 Å². The van der Waals surface area contributed by atoms with Gasteiger partial charge in [0.2, 0.25) is 11.8 Å². The van der Waals surface area contributed by atoms with Gasteiger partial charge in [-0.1, -0.05) is 30.3 Å². The Morgan fingerprint density at radius 1 is 1.04 bits per heavy atom. The summed E-state index contributed by atoms with van der Waals surface area (Å²) in [5, 5.41) is 5.79. The van der Waals surface area contributed by atoms with E-state index in [1.165, 1.54) is 5.56 Å². The molecule has 2 N–H and O–H groups in total. The summed E-state index contributed by atoms with van der Waals surface area (Å²) in [4.78, 5) is 23.9. The zero-order valence-electron chi connectivity index (χ0n) is 13.7. The van der Waals surface area contributed by atoms with Crippen molar-refractivity contribution in [3.8, 4) is 0 Å². The fourth-order valence-corrected chi connectivity index (χ4v) is 2.61. The highest BCUT2D eigenvalue weighted by atomic mass is 16.5. The van der Waals surface area contributed by atoms with Crippen LogP contribution in [0.3, 0.4) is 0 Å². The number of methoxy groups -OCH3 is 1. The van der Waals surface area contributed by atoms with Crippen molar-refractivity contribution in [2.24, 2.45) is 11.8 Å². The first-order valence-electron chi connectivity index (χ1n) is 8.30. The van der Waals surface area contributed by atoms with E-state index in [1.54, 1.807) is 7.11 Å². The summed E-state index contributed by atoms with van der Waals surface area (Å²) in [5.74, 6) is -0.290. The van der Waals surface area contributed by atoms with E-state index < -0.39 is 0 Å². The molecule has 0 spiro atoms. The van der Waals surface area contributed by atoms with Crippen LogP contribution in [-0.2, 0) is 20.7 Å². The monoisotopic (exact) mass is 318 g/mol. The molecule has 5 nitrogen and oxygen atoms in total. The van der Waals surface area contributed by atoms with Crippen molar-refractivity contribution in [1.82, 2.24) is 10.6 Å². The standard InChI is InChI=1S/C18H26N2O3/c1-23-12-6-11-20-18(22)16-13-15(16)17(21)19-10-5-9-14-7-3-2-4-8-14/h2-4,7-8,15-16H,5-6,9-13H2,1H3,(H,19,21)(H,20,22). The molecule has 2 atom stereocenters. The number of hydrogen-bond acceptors (Lipinski definition) is 3. The number of carbonyl (C=O) groups excluding carboxylic acids is 2. The molecule has 1 aromatic carbocycles. The maximum absolute atomic E-state index is 12.0. The number of benzene rings is 1. The quantitative estimate of drug-likeness (QED) is 0.643. The van der Waals surface area contributed by atoms with E-state index in [4.69, 9.17) is 4.74 Å². The molecule has 1 saturated carbocycles. The Morgan fingerprint density at radius 3 is 2.26 bits per heavy atom. The summed E-state index contributed by atoms with van der Waals surface area (Å²) in [6.45, 7) is 1.90. The average Bonchev–Trinajstić information content (AvgIpc) is 3.37. The maximum atomic E-state index is 12.0. The van der Waals surface area contributed by atoms with E-state index in [2.05, 4.69) is 22.8 Å². The number of ether oxygens (including phenoxy) is 1. The summed E-state index contributed by atoms with van der Waals surface area (Å²) < 4.78 is 4.93. The van der Waals surface area contributed by atoms with E-state index in [-0.39, 0.29) is 23.7 Å². The van der Waals surface area contributed by atoms with Crippen LogP contribution in [0.4, 0.5) is 0 Å². The van der Waals surface area contributed by atoms with Gasteiger partial charge in [0.1, 0.15) is 0 Å². The number of carbonyl (C=O) groups is 2. The Kier molecular flexibility index (Phi) is 7.07. The number of aryl methyl sites for hydroxylation is 1. The van der Waals surface area contributed by atoms with Crippen LogP contribution in [0.15, 0.2) is 30.3 Å². The zero-order valence-corrected chi connectivity index (χ0v) is 13.7. The van der Waals surface area contributed by atoms with Crippen LogP contribution >= 0.6 is 0 Å². The Balaban J connectivity index is 1.56. The topological polar surface area (TPSA) is 67.4 Å². The van der Waals surface area contributed by atoms with E-state index in [0.29, 0.717) is 26.1 Å². The molecule has 5 heteroatoms. The van der Waals surface area contributed by atoms with Gasteiger partial charge in [-0.3, -0.25) is 9.59 Å². The predicted octanol–water partition coefficient (Wildman–Crippen LogP) is 1.52. The summed E-state index contributed by atoms with van der Waals surface area (Å²) in [7, 11) is 1.64. The minimum atomic E-state index is -0.147. The third-order valence-corrected chi connectivity index (χ3v) is 4.07. The van der Waals surface area contributed by atoms with Crippen molar-refractivity contribution in [1.29, 1.82) is 0 Å². The lowest BCUT2D eigenvalue weighted by molar-refractivity contribution is -0.127. The lowest BCUT2D eigenvalue weighted by atomic mass is 10.1. The summed E-state index contributed by atoms with van der Waals surface area (Å²) in [6, 6.07) is 10.2. The van der Waals surface area contributed by atoms with Gasteiger partial charge in [-0.25, -0.2) is 0 Å². The van der Waals surface area contributed by atoms with Crippen molar-refractivity contribution in [3.63, 3.8) is 0 Å². The maximum Gasteiger partial charge on any atom is 0.223 e. The molecule has 1 aliphatic carbocycles. The van der Waals surface area contributed by atoms with Crippen LogP contribution in [0.1, 0.15) is 24.8 Å². The molecule has 0 radical (unpaired) electrons. The highest BCUT2D eigenvalue weighted by Crippen LogP contribution is 2.38. The van der Waals surface area contributed by atoms with Crippen molar-refractivity contribution in [2.45, 2.75) is 25.7 Å². The van der Waals surface area contributed by atoms with Gasteiger partial charge >= 0.3 is 0 Å². The second-order valence-electron chi connectivity index (χ2n) is 5.97. The molecule has 1 fully saturated rings. The van der Waals surface area contributed by atoms with Gasteiger partial charge < -0.3 is 15.4 Å². The molecule has 23 heavy (non-hydrogen) atoms. The Hall–Kier alpha value is -1.88. The zero-order chi connectivity index (χ0) is 16.5. The molecule has 2 rings (SSSR count). The molecular formula is C18H26N2O3. The molecule has 0 heterocycles. The second kappa shape index (κ2) is 9.30. The van der Waals surface area contributed by atoms with Crippen molar-refractivity contribution in [3.05, 3.63) is 35.9 Å². The fourth-order valence-electron chi connectivity index (χ4n) is 2.61. The van der Waals surface area contributed by atoms with Crippen LogP contribution in [0.2, 0.25) is 0 Å². The molecule has 126 valence electrons. The van der Waals surface area contributed by atoms with Crippen LogP contribution in [-0.4, -0.2) is 38.6 Å². The normalized spacial score (nSPS) is 19.2. The third kappa shape index (κ3) is 6.02. The minimum Gasteiger partial charge on any atom is -0.385 e. The first kappa shape index (κ1) is 17.5. The number of nitrogens with one attached hydrogen (secondary N) is 2. The Morgan fingerprint density at radius 2 is 1.65 bits per heavy atom. The molecule has 0 saturated heterocycles. The van der Waals surface area contributed by atoms with Crippen LogP contribution in [0.5, 0.6) is 0 Å². The third-order valence-electron chi connectivity index (χ3n) is 4.07. The van der Waals surface area contributed by atoms with E-state index >= 15 is 0 Å². The lowest BCUT2D eigenvalue weighted by Crippen LogP contribution is -2.31. The molecule has 0 aliphatic heterocycles. The fraction of sp³-hybridized carbons (Fsp3) is 0.556. The molecule has 0 aromatic heterocycles. The molecule has 2 amide bonds. The number of rotatable bonds is 10. The Labute approximate surface area is 137 Å². The smallest absolute Gasteiger partial charge is 0.223 e. The van der Waals surface area contributed by atoms with Crippen molar-refractivity contribution < 1.29 is 14.3 Å². The molecule has 0 bridgehead atoms. The van der Waals surface area contributed by atoms with Gasteiger partial charge in [-0.2, -0.15) is 0 Å². The van der Waals surface area contributed by atoms with Crippen LogP contribution in [0, 0.1) is 11.8 Å². The first-order valence-corrected chi connectivity index (χ1v) is 8.30. The summed E-state index contributed by atoms with van der Waals surface area (Å²) in [6.07, 6.45) is 3.33. The van der Waals surface area contributed by atoms with E-state index in [1.807, 2.05) is 18.2 Å². The largest absolute Gasteiger partial charge is 0.385 e. The molecule has 2 unspecified atom stereocenters. The van der Waals surface area contributed by atoms with Gasteiger partial charge in [-0.15, -0.1) is 0 Å². The van der Waals surface area contributed by atoms with Gasteiger partial charge in [0.25, 0.3) is 0 Å². The highest BCUT2D eigenvalue weighted by Gasteiger charge is 2.47. The lowest BCUT2D eigenvalue weighted by Gasteiger charge is -2.06. The van der Waals surface area contributed by atoms with Crippen molar-refractivity contribution >= 4 is 11.8 Å². The SMILES string of the molecule is COCCCNC(=O)C1CC1C(=O)NCCCc1ccccc1. The summed E-state index contributed by atoms with van der Waals surface area (Å²) in [5.41, 5.74) is 1.28. The van der Waals surface area contributed by atoms with Gasteiger partial charge in [0.15, 0.2) is 0 Å². The molecule has 1 aromatic rings. The summed E-state index contributed by atoms with van der Waals surface area (Å²) >= 11 is 0. The van der Waals surface area contributed by atoms with Crippen LogP contribution in [0.25, 0.3) is 0 Å². The molecular weight excluding hydrogens is 292 g/mol. The van der Waals surface area contributed by atoms with Crippen molar-refractivity contribution in [2.75, 3.05) is 26.8 Å². The average molecular weight is 318 g/mol. The molecule has 1 aliphatic rings. The van der Waals surface area contributed by atoms with Gasteiger partial charge in [0.05, 0.1) is 11.8 Å². The van der Waals surface area contributed by atoms with Gasteiger partial charge in [-0.05, 0) is 31.2 Å². The first-order chi connectivity index (χ1) is 11.2. The Bertz CT molecular complexity index is 504. The van der Waals surface area contributed by atoms with Crippen LogP contribution < -0.4 is 10.6 Å². The van der Waals surface area contributed by atoms with E-state index in [9.17, 15) is 9.59 Å². The second-order valence-corrected chi connectivity index (χ2v) is 5.97. The number of amides is 2. The predicted molar refractivity (Wildman–Crippen MR) is 88.9 cm³/mol.